The van der Waals surface area contributed by atoms with Gasteiger partial charge in [0.15, 0.2) is 0 Å². The van der Waals surface area contributed by atoms with Crippen LogP contribution < -0.4 is 10.6 Å². The number of unbranched alkanes of at least 4 members (excludes halogenated alkanes) is 2. The number of carboxylic acids is 1. The smallest absolute Gasteiger partial charge is 0.306 e. The Hall–Kier alpha value is -0.730. The first-order chi connectivity index (χ1) is 15.2. The zero-order valence-electron chi connectivity index (χ0n) is 20.3. The molecule has 0 aromatic rings. The van der Waals surface area contributed by atoms with E-state index in [1.54, 1.807) is 0 Å². The molecule has 6 N–H and O–H groups in total. The molecule has 0 aromatic heterocycles. The van der Waals surface area contributed by atoms with E-state index < -0.39 is 11.6 Å². The maximum Gasteiger partial charge on any atom is 0.306 e. The number of carboxylic acid groups (broad SMARTS) is 1. The molecule has 0 spiro atoms. The number of aliphatic hydroxyl groups is 3. The predicted octanol–water partition coefficient (Wildman–Crippen LogP) is 2.81. The quantitative estimate of drug-likeness (QED) is 0.222. The van der Waals surface area contributed by atoms with Crippen LogP contribution >= 0.6 is 0 Å². The average Bonchev–Trinajstić information content (AvgIpc) is 2.74. The third kappa shape index (κ3) is 9.64. The van der Waals surface area contributed by atoms with E-state index in [0.717, 1.165) is 43.9 Å². The lowest BCUT2D eigenvalue weighted by atomic mass is 9.74. The van der Waals surface area contributed by atoms with E-state index in [-0.39, 0.29) is 37.8 Å². The minimum atomic E-state index is -1.23. The second-order valence-corrected chi connectivity index (χ2v) is 10.7. The number of nitrogens with one attached hydrogen (secondary N) is 2. The molecule has 0 bridgehead atoms. The Morgan fingerprint density at radius 3 is 2.47 bits per heavy atom. The van der Waals surface area contributed by atoms with Gasteiger partial charge in [0.2, 0.25) is 0 Å². The van der Waals surface area contributed by atoms with E-state index in [0.29, 0.717) is 18.9 Å². The van der Waals surface area contributed by atoms with Crippen LogP contribution in [0, 0.1) is 11.8 Å². The number of piperidine rings is 1. The van der Waals surface area contributed by atoms with Gasteiger partial charge in [-0.3, -0.25) is 4.79 Å². The molecule has 32 heavy (non-hydrogen) atoms. The van der Waals surface area contributed by atoms with Crippen LogP contribution in [0.5, 0.6) is 0 Å². The maximum atomic E-state index is 11.2. The summed E-state index contributed by atoms with van der Waals surface area (Å²) in [5, 5.41) is 45.7. The van der Waals surface area contributed by atoms with Crippen LogP contribution in [0.25, 0.3) is 0 Å². The fraction of sp³-hybridized carbons (Fsp3) is 0.960. The second kappa shape index (κ2) is 13.9. The molecule has 0 aromatic carbocycles. The molecule has 2 fully saturated rings. The van der Waals surface area contributed by atoms with E-state index in [9.17, 15) is 20.1 Å². The summed E-state index contributed by atoms with van der Waals surface area (Å²) < 4.78 is 0. The van der Waals surface area contributed by atoms with Crippen molar-refractivity contribution in [3.05, 3.63) is 0 Å². The molecule has 5 unspecified atom stereocenters. The fourth-order valence-electron chi connectivity index (χ4n) is 5.63. The number of hydrogen-bond donors (Lipinski definition) is 6. The van der Waals surface area contributed by atoms with Crippen LogP contribution in [0.15, 0.2) is 0 Å². The molecular formula is C25H48N2O5. The normalized spacial score (nSPS) is 31.7. The molecule has 188 valence electrons. The summed E-state index contributed by atoms with van der Waals surface area (Å²) in [5.74, 6) is 0.557. The first-order valence-corrected chi connectivity index (χ1v) is 12.9. The summed E-state index contributed by atoms with van der Waals surface area (Å²) in [6, 6.07) is 0.821. The molecule has 5 atom stereocenters. The molecule has 1 heterocycles. The lowest BCUT2D eigenvalue weighted by Gasteiger charge is -2.40. The standard InChI is InChI=1S/C25H48N2O5/c1-18(13-15-28)26-17-25(32,16-24(30)31)14-5-3-4-6-20-7-9-21(10-8-20)22-11-12-23(29)19(2)27-22/h18-23,26-29,32H,3-17H2,1-2H3,(H,30,31). The van der Waals surface area contributed by atoms with Crippen molar-refractivity contribution >= 4 is 5.97 Å². The van der Waals surface area contributed by atoms with Gasteiger partial charge in [-0.2, -0.15) is 0 Å². The molecule has 7 nitrogen and oxygen atoms in total. The van der Waals surface area contributed by atoms with Crippen molar-refractivity contribution in [3.8, 4) is 0 Å². The first kappa shape index (κ1) is 27.5. The molecule has 0 radical (unpaired) electrons. The SMILES string of the molecule is CC(CCO)NCC(O)(CCCCCC1CCC(C2CCC(O)C(C)N2)CC1)CC(=O)O. The minimum absolute atomic E-state index is 0.0486. The van der Waals surface area contributed by atoms with Gasteiger partial charge in [0.05, 0.1) is 18.1 Å². The zero-order chi connectivity index (χ0) is 23.6. The molecule has 1 saturated heterocycles. The number of aliphatic carboxylic acids is 1. The Morgan fingerprint density at radius 2 is 1.84 bits per heavy atom. The zero-order valence-corrected chi connectivity index (χ0v) is 20.3. The van der Waals surface area contributed by atoms with Gasteiger partial charge >= 0.3 is 5.97 Å². The average molecular weight is 457 g/mol. The van der Waals surface area contributed by atoms with Crippen molar-refractivity contribution in [2.24, 2.45) is 11.8 Å². The van der Waals surface area contributed by atoms with Crippen LogP contribution in [-0.4, -0.2) is 69.4 Å². The van der Waals surface area contributed by atoms with E-state index in [4.69, 9.17) is 5.11 Å². The highest BCUT2D eigenvalue weighted by atomic mass is 16.4. The summed E-state index contributed by atoms with van der Waals surface area (Å²) in [4.78, 5) is 11.2. The van der Waals surface area contributed by atoms with Crippen molar-refractivity contribution in [3.63, 3.8) is 0 Å². The van der Waals surface area contributed by atoms with Gasteiger partial charge in [0.25, 0.3) is 0 Å². The van der Waals surface area contributed by atoms with Crippen LogP contribution in [0.3, 0.4) is 0 Å². The van der Waals surface area contributed by atoms with Gasteiger partial charge in [-0.15, -0.1) is 0 Å². The number of hydrogen-bond acceptors (Lipinski definition) is 6. The van der Waals surface area contributed by atoms with Crippen molar-refractivity contribution in [2.75, 3.05) is 13.2 Å². The van der Waals surface area contributed by atoms with Gasteiger partial charge in [-0.1, -0.05) is 38.5 Å². The molecule has 0 amide bonds. The first-order valence-electron chi connectivity index (χ1n) is 12.9. The van der Waals surface area contributed by atoms with Gasteiger partial charge in [-0.25, -0.2) is 0 Å². The van der Waals surface area contributed by atoms with Crippen LogP contribution in [-0.2, 0) is 4.79 Å². The van der Waals surface area contributed by atoms with E-state index in [1.165, 1.54) is 32.1 Å². The number of aliphatic hydroxyl groups excluding tert-OH is 2. The van der Waals surface area contributed by atoms with Gasteiger partial charge in [0.1, 0.15) is 0 Å². The lowest BCUT2D eigenvalue weighted by Crippen LogP contribution is -2.52. The Morgan fingerprint density at radius 1 is 1.12 bits per heavy atom. The highest BCUT2D eigenvalue weighted by Gasteiger charge is 2.33. The predicted molar refractivity (Wildman–Crippen MR) is 127 cm³/mol. The van der Waals surface area contributed by atoms with Crippen LogP contribution in [0.4, 0.5) is 0 Å². The summed E-state index contributed by atoms with van der Waals surface area (Å²) in [7, 11) is 0. The van der Waals surface area contributed by atoms with Gasteiger partial charge in [-0.05, 0) is 64.2 Å². The topological polar surface area (TPSA) is 122 Å². The number of carbonyl (C=O) groups is 1. The minimum Gasteiger partial charge on any atom is -0.481 e. The molecular weight excluding hydrogens is 408 g/mol. The van der Waals surface area contributed by atoms with E-state index in [1.807, 2.05) is 6.92 Å². The number of rotatable bonds is 14. The summed E-state index contributed by atoms with van der Waals surface area (Å²) in [5.41, 5.74) is -1.23. The van der Waals surface area contributed by atoms with Crippen molar-refractivity contribution in [2.45, 2.75) is 127 Å². The van der Waals surface area contributed by atoms with Crippen molar-refractivity contribution in [1.82, 2.24) is 10.6 Å². The third-order valence-corrected chi connectivity index (χ3v) is 7.86. The lowest BCUT2D eigenvalue weighted by molar-refractivity contribution is -0.142. The maximum absolute atomic E-state index is 11.2. The summed E-state index contributed by atoms with van der Waals surface area (Å²) >= 11 is 0. The monoisotopic (exact) mass is 456 g/mol. The van der Waals surface area contributed by atoms with Crippen LogP contribution in [0.1, 0.15) is 97.3 Å². The Labute approximate surface area is 194 Å². The van der Waals surface area contributed by atoms with Gasteiger partial charge in [0, 0.05) is 31.3 Å². The highest BCUT2D eigenvalue weighted by molar-refractivity contribution is 5.68. The Balaban J connectivity index is 1.62. The van der Waals surface area contributed by atoms with Crippen LogP contribution in [0.2, 0.25) is 0 Å². The molecule has 7 heteroatoms. The van der Waals surface area contributed by atoms with E-state index >= 15 is 0 Å². The van der Waals surface area contributed by atoms with E-state index in [2.05, 4.69) is 17.6 Å². The van der Waals surface area contributed by atoms with Crippen molar-refractivity contribution in [1.29, 1.82) is 0 Å². The Bertz CT molecular complexity index is 540. The summed E-state index contributed by atoms with van der Waals surface area (Å²) in [6.45, 7) is 4.34. The third-order valence-electron chi connectivity index (χ3n) is 7.86. The Kier molecular flexibility index (Phi) is 11.9. The summed E-state index contributed by atoms with van der Waals surface area (Å²) in [6.07, 6.45) is 12.0. The molecule has 2 aliphatic rings. The van der Waals surface area contributed by atoms with Crippen molar-refractivity contribution < 1.29 is 25.2 Å². The van der Waals surface area contributed by atoms with Gasteiger partial charge < -0.3 is 31.1 Å². The molecule has 1 saturated carbocycles. The molecule has 1 aliphatic carbocycles. The fourth-order valence-corrected chi connectivity index (χ4v) is 5.63. The molecule has 2 rings (SSSR count). The highest BCUT2D eigenvalue weighted by Crippen LogP contribution is 2.36. The molecule has 1 aliphatic heterocycles. The second-order valence-electron chi connectivity index (χ2n) is 10.7. The largest absolute Gasteiger partial charge is 0.481 e.